The first kappa shape index (κ1) is 15.0. The third-order valence-corrected chi connectivity index (χ3v) is 5.76. The van der Waals surface area contributed by atoms with Gasteiger partial charge in [-0.15, -0.1) is 6.42 Å². The van der Waals surface area contributed by atoms with Gasteiger partial charge in [0.2, 0.25) is 10.0 Å². The summed E-state index contributed by atoms with van der Waals surface area (Å²) in [7, 11) is -2.25. The van der Waals surface area contributed by atoms with Crippen molar-refractivity contribution in [3.8, 4) is 12.3 Å². The van der Waals surface area contributed by atoms with E-state index in [1.54, 1.807) is 6.92 Å². The van der Waals surface area contributed by atoms with Crippen molar-refractivity contribution in [1.29, 1.82) is 0 Å². The summed E-state index contributed by atoms with van der Waals surface area (Å²) in [6.07, 6.45) is 6.94. The number of sulfonamides is 1. The number of hydrogen-bond donors (Lipinski definition) is 0. The maximum Gasteiger partial charge on any atom is 0.310 e. The fraction of sp³-hybridized carbons (Fsp3) is 0.750. The van der Waals surface area contributed by atoms with Gasteiger partial charge in [0.25, 0.3) is 0 Å². The Balaban J connectivity index is 2.97. The summed E-state index contributed by atoms with van der Waals surface area (Å²) in [5, 5.41) is -0.696. The van der Waals surface area contributed by atoms with Gasteiger partial charge in [-0.05, 0) is 12.8 Å². The van der Waals surface area contributed by atoms with E-state index in [1.165, 1.54) is 11.4 Å². The largest absolute Gasteiger partial charge is 0.469 e. The minimum absolute atomic E-state index is 0.0449. The third kappa shape index (κ3) is 2.85. The van der Waals surface area contributed by atoms with Crippen molar-refractivity contribution in [3.05, 3.63) is 0 Å². The number of terminal acetylenes is 1. The van der Waals surface area contributed by atoms with E-state index in [0.717, 1.165) is 6.42 Å². The minimum atomic E-state index is -3.53. The summed E-state index contributed by atoms with van der Waals surface area (Å²) in [6, 6.07) is 0. The van der Waals surface area contributed by atoms with Gasteiger partial charge in [-0.3, -0.25) is 4.79 Å². The fourth-order valence-electron chi connectivity index (χ4n) is 2.38. The molecule has 1 aliphatic rings. The lowest BCUT2D eigenvalue weighted by atomic mass is 10.1. The van der Waals surface area contributed by atoms with Gasteiger partial charge < -0.3 is 4.74 Å². The van der Waals surface area contributed by atoms with Crippen molar-refractivity contribution >= 4 is 16.0 Å². The first-order valence-corrected chi connectivity index (χ1v) is 7.49. The second-order valence-electron chi connectivity index (χ2n) is 4.27. The van der Waals surface area contributed by atoms with Gasteiger partial charge in [-0.2, -0.15) is 4.31 Å². The second-order valence-corrected chi connectivity index (χ2v) is 6.43. The van der Waals surface area contributed by atoms with Crippen molar-refractivity contribution in [3.63, 3.8) is 0 Å². The first-order valence-electron chi connectivity index (χ1n) is 5.99. The predicted molar refractivity (Wildman–Crippen MR) is 68.1 cm³/mol. The molecule has 1 aliphatic carbocycles. The molecule has 5 nitrogen and oxygen atoms in total. The molecule has 0 aromatic rings. The molecule has 2 atom stereocenters. The Kier molecular flexibility index (Phi) is 5.17. The van der Waals surface area contributed by atoms with Crippen molar-refractivity contribution < 1.29 is 17.9 Å². The molecule has 0 radical (unpaired) electrons. The molecule has 0 aliphatic heterocycles. The summed E-state index contributed by atoms with van der Waals surface area (Å²) in [5.74, 6) is 1.33. The van der Waals surface area contributed by atoms with Gasteiger partial charge in [0, 0.05) is 6.54 Å². The van der Waals surface area contributed by atoms with Crippen LogP contribution < -0.4 is 0 Å². The predicted octanol–water partition coefficient (Wildman–Crippen LogP) is 0.613. The van der Waals surface area contributed by atoms with E-state index in [-0.39, 0.29) is 6.54 Å². The summed E-state index contributed by atoms with van der Waals surface area (Å²) in [6.45, 7) is 2.09. The Labute approximate surface area is 109 Å². The van der Waals surface area contributed by atoms with Crippen LogP contribution in [0.5, 0.6) is 0 Å². The highest BCUT2D eigenvalue weighted by molar-refractivity contribution is 7.89. The van der Waals surface area contributed by atoms with Gasteiger partial charge >= 0.3 is 5.97 Å². The van der Waals surface area contributed by atoms with Crippen LogP contribution in [0.3, 0.4) is 0 Å². The molecule has 0 spiro atoms. The molecule has 0 bridgehead atoms. The summed E-state index contributed by atoms with van der Waals surface area (Å²) < 4.78 is 30.7. The fourth-order valence-corrected chi connectivity index (χ4v) is 4.50. The molecule has 1 saturated carbocycles. The highest BCUT2D eigenvalue weighted by Gasteiger charge is 2.44. The number of carbonyl (C=O) groups excluding carboxylic acids is 1. The molecule has 1 rings (SSSR count). The zero-order valence-electron chi connectivity index (χ0n) is 10.8. The van der Waals surface area contributed by atoms with E-state index in [1.807, 2.05) is 0 Å². The first-order chi connectivity index (χ1) is 8.48. The average Bonchev–Trinajstić information content (AvgIpc) is 2.84. The molecular weight excluding hydrogens is 254 g/mol. The van der Waals surface area contributed by atoms with Crippen LogP contribution in [-0.2, 0) is 19.6 Å². The maximum absolute atomic E-state index is 12.4. The number of rotatable bonds is 5. The molecule has 0 heterocycles. The molecule has 18 heavy (non-hydrogen) atoms. The average molecular weight is 273 g/mol. The van der Waals surface area contributed by atoms with E-state index in [4.69, 9.17) is 6.42 Å². The van der Waals surface area contributed by atoms with Crippen molar-refractivity contribution in [2.24, 2.45) is 5.92 Å². The van der Waals surface area contributed by atoms with E-state index >= 15 is 0 Å². The highest BCUT2D eigenvalue weighted by atomic mass is 32.2. The number of esters is 1. The normalized spacial score (nSPS) is 23.9. The van der Waals surface area contributed by atoms with Gasteiger partial charge in [0.15, 0.2) is 0 Å². The number of hydrogen-bond acceptors (Lipinski definition) is 4. The van der Waals surface area contributed by atoms with E-state index in [2.05, 4.69) is 10.7 Å². The van der Waals surface area contributed by atoms with Crippen LogP contribution in [0.25, 0.3) is 0 Å². The lowest BCUT2D eigenvalue weighted by molar-refractivity contribution is -0.145. The van der Waals surface area contributed by atoms with E-state index in [0.29, 0.717) is 19.4 Å². The van der Waals surface area contributed by atoms with Gasteiger partial charge in [0.05, 0.1) is 24.8 Å². The van der Waals surface area contributed by atoms with E-state index in [9.17, 15) is 13.2 Å². The lowest BCUT2D eigenvalue weighted by Crippen LogP contribution is -2.42. The van der Waals surface area contributed by atoms with E-state index < -0.39 is 27.2 Å². The maximum atomic E-state index is 12.4. The second kappa shape index (κ2) is 6.21. The van der Waals surface area contributed by atoms with Crippen LogP contribution in [0.2, 0.25) is 0 Å². The van der Waals surface area contributed by atoms with Crippen LogP contribution in [0.15, 0.2) is 0 Å². The van der Waals surface area contributed by atoms with Crippen molar-refractivity contribution in [2.45, 2.75) is 31.4 Å². The SMILES string of the molecule is C#CCN(CC)S(=O)(=O)C1CCCC1C(=O)OC. The van der Waals surface area contributed by atoms with Gasteiger partial charge in [-0.1, -0.05) is 19.3 Å². The Hall–Kier alpha value is -1.06. The summed E-state index contributed by atoms with van der Waals surface area (Å²) in [4.78, 5) is 11.6. The van der Waals surface area contributed by atoms with Crippen molar-refractivity contribution in [2.75, 3.05) is 20.2 Å². The Morgan fingerprint density at radius 2 is 2.17 bits per heavy atom. The molecule has 0 aromatic heterocycles. The number of carbonyl (C=O) groups is 1. The molecule has 0 saturated heterocycles. The van der Waals surface area contributed by atoms with Crippen LogP contribution >= 0.6 is 0 Å². The highest BCUT2D eigenvalue weighted by Crippen LogP contribution is 2.33. The van der Waals surface area contributed by atoms with Crippen LogP contribution in [-0.4, -0.2) is 44.1 Å². The minimum Gasteiger partial charge on any atom is -0.469 e. The van der Waals surface area contributed by atoms with Gasteiger partial charge in [-0.25, -0.2) is 8.42 Å². The molecule has 0 amide bonds. The van der Waals surface area contributed by atoms with Crippen LogP contribution in [0.4, 0.5) is 0 Å². The number of nitrogens with zero attached hydrogens (tertiary/aromatic N) is 1. The summed E-state index contributed by atoms with van der Waals surface area (Å²) >= 11 is 0. The Bertz CT molecular complexity index is 437. The molecule has 0 N–H and O–H groups in total. The lowest BCUT2D eigenvalue weighted by Gasteiger charge is -2.25. The topological polar surface area (TPSA) is 63.7 Å². The monoisotopic (exact) mass is 273 g/mol. The quantitative estimate of drug-likeness (QED) is 0.544. The molecular formula is C12H19NO4S. The number of ether oxygens (including phenoxy) is 1. The van der Waals surface area contributed by atoms with Crippen molar-refractivity contribution in [1.82, 2.24) is 4.31 Å². The standard InChI is InChI=1S/C12H19NO4S/c1-4-9-13(5-2)18(15,16)11-8-6-7-10(11)12(14)17-3/h1,10-11H,5-9H2,2-3H3. The smallest absolute Gasteiger partial charge is 0.310 e. The molecule has 2 unspecified atom stereocenters. The summed E-state index contributed by atoms with van der Waals surface area (Å²) in [5.41, 5.74) is 0. The zero-order chi connectivity index (χ0) is 13.8. The third-order valence-electron chi connectivity index (χ3n) is 3.32. The number of methoxy groups -OCH3 is 1. The zero-order valence-corrected chi connectivity index (χ0v) is 11.6. The Morgan fingerprint density at radius 1 is 1.50 bits per heavy atom. The molecule has 0 aromatic carbocycles. The van der Waals surface area contributed by atoms with Crippen LogP contribution in [0, 0.1) is 18.3 Å². The molecule has 1 fully saturated rings. The van der Waals surface area contributed by atoms with Crippen LogP contribution in [0.1, 0.15) is 26.2 Å². The molecule has 6 heteroatoms. The van der Waals surface area contributed by atoms with Gasteiger partial charge in [0.1, 0.15) is 0 Å². The Morgan fingerprint density at radius 3 is 2.67 bits per heavy atom. The molecule has 102 valence electrons.